The van der Waals surface area contributed by atoms with Crippen LogP contribution in [-0.4, -0.2) is 15.0 Å². The van der Waals surface area contributed by atoms with E-state index in [0.717, 1.165) is 42.1 Å². The van der Waals surface area contributed by atoms with Crippen molar-refractivity contribution in [2.75, 3.05) is 5.32 Å². The molecule has 3 rings (SSSR count). The Morgan fingerprint density at radius 1 is 1.25 bits per heavy atom. The maximum absolute atomic E-state index is 4.78. The zero-order valence-corrected chi connectivity index (χ0v) is 16.1. The Kier molecular flexibility index (Phi) is 6.79. The van der Waals surface area contributed by atoms with Crippen molar-refractivity contribution in [1.82, 2.24) is 15.0 Å². The summed E-state index contributed by atoms with van der Waals surface area (Å²) in [7, 11) is 0. The molecule has 0 radical (unpaired) electrons. The first kappa shape index (κ1) is 18.5. The summed E-state index contributed by atoms with van der Waals surface area (Å²) in [5.41, 5.74) is 2.14. The van der Waals surface area contributed by atoms with Gasteiger partial charge in [0, 0.05) is 16.5 Å². The van der Waals surface area contributed by atoms with E-state index in [1.165, 1.54) is 10.6 Å². The standard InChI is InChI=1S/C17H22N4S.C2H6/c1-4-11(3)15-20-16(18-10-13-7-6-8-22-13)14-9-12(5-2)19-17(14)21-15;1-2/h6-9,11H,4-5,10H2,1-3H3,(H2,18,19,20,21);1-2H3. The van der Waals surface area contributed by atoms with E-state index in [2.05, 4.69) is 54.7 Å². The molecule has 3 aromatic rings. The van der Waals surface area contributed by atoms with Crippen LogP contribution in [0.25, 0.3) is 11.0 Å². The zero-order valence-electron chi connectivity index (χ0n) is 15.3. The van der Waals surface area contributed by atoms with Gasteiger partial charge in [0.1, 0.15) is 17.3 Å². The summed E-state index contributed by atoms with van der Waals surface area (Å²) in [6.07, 6.45) is 2.01. The summed E-state index contributed by atoms with van der Waals surface area (Å²) >= 11 is 1.76. The minimum atomic E-state index is 0.361. The first-order valence-corrected chi connectivity index (χ1v) is 9.75. The maximum Gasteiger partial charge on any atom is 0.143 e. The quantitative estimate of drug-likeness (QED) is 0.600. The molecule has 0 bridgehead atoms. The van der Waals surface area contributed by atoms with Crippen LogP contribution in [0.3, 0.4) is 0 Å². The van der Waals surface area contributed by atoms with Gasteiger partial charge in [-0.2, -0.15) is 0 Å². The van der Waals surface area contributed by atoms with Gasteiger partial charge in [0.25, 0.3) is 0 Å². The van der Waals surface area contributed by atoms with Gasteiger partial charge >= 0.3 is 0 Å². The molecule has 1 atom stereocenters. The van der Waals surface area contributed by atoms with Crippen LogP contribution in [0.1, 0.15) is 63.4 Å². The van der Waals surface area contributed by atoms with Crippen molar-refractivity contribution >= 4 is 28.2 Å². The number of rotatable bonds is 6. The number of nitrogens with one attached hydrogen (secondary N) is 2. The molecule has 0 fully saturated rings. The number of H-pyrrole nitrogens is 1. The van der Waals surface area contributed by atoms with E-state index in [0.29, 0.717) is 5.92 Å². The third-order valence-corrected chi connectivity index (χ3v) is 4.88. The van der Waals surface area contributed by atoms with Crippen LogP contribution in [0.15, 0.2) is 23.6 Å². The molecule has 0 aromatic carbocycles. The van der Waals surface area contributed by atoms with Crippen LogP contribution >= 0.6 is 11.3 Å². The van der Waals surface area contributed by atoms with Crippen molar-refractivity contribution in [2.24, 2.45) is 0 Å². The SMILES string of the molecule is CC.CCc1cc2c(NCc3cccs3)nc(C(C)CC)nc2[nH]1. The van der Waals surface area contributed by atoms with E-state index in [9.17, 15) is 0 Å². The first-order valence-electron chi connectivity index (χ1n) is 8.87. The van der Waals surface area contributed by atoms with Gasteiger partial charge in [0.05, 0.1) is 11.9 Å². The highest BCUT2D eigenvalue weighted by Crippen LogP contribution is 2.26. The monoisotopic (exact) mass is 344 g/mol. The second-order valence-corrected chi connectivity index (χ2v) is 6.62. The Labute approximate surface area is 148 Å². The summed E-state index contributed by atoms with van der Waals surface area (Å²) in [4.78, 5) is 14.2. The molecule has 0 saturated carbocycles. The maximum atomic E-state index is 4.78. The molecular weight excluding hydrogens is 316 g/mol. The number of hydrogen-bond donors (Lipinski definition) is 2. The number of hydrogen-bond acceptors (Lipinski definition) is 4. The normalized spacial score (nSPS) is 11.9. The molecular formula is C19H28N4S. The first-order chi connectivity index (χ1) is 11.7. The smallest absolute Gasteiger partial charge is 0.143 e. The minimum Gasteiger partial charge on any atom is -0.365 e. The number of anilines is 1. The van der Waals surface area contributed by atoms with Gasteiger partial charge in [0.15, 0.2) is 0 Å². The lowest BCUT2D eigenvalue weighted by Gasteiger charge is -2.11. The van der Waals surface area contributed by atoms with Crippen LogP contribution in [0, 0.1) is 0 Å². The zero-order chi connectivity index (χ0) is 17.5. The molecule has 5 heteroatoms. The van der Waals surface area contributed by atoms with Crippen LogP contribution in [0.5, 0.6) is 0 Å². The van der Waals surface area contributed by atoms with E-state index < -0.39 is 0 Å². The van der Waals surface area contributed by atoms with Crippen molar-refractivity contribution in [3.05, 3.63) is 40.0 Å². The summed E-state index contributed by atoms with van der Waals surface area (Å²) in [5.74, 6) is 2.21. The molecule has 3 aromatic heterocycles. The van der Waals surface area contributed by atoms with E-state index in [1.807, 2.05) is 13.8 Å². The Morgan fingerprint density at radius 2 is 2.04 bits per heavy atom. The molecule has 3 heterocycles. The Bertz CT molecular complexity index is 746. The van der Waals surface area contributed by atoms with Crippen LogP contribution in [0.2, 0.25) is 0 Å². The molecule has 0 saturated heterocycles. The number of aryl methyl sites for hydroxylation is 1. The van der Waals surface area contributed by atoms with Crippen molar-refractivity contribution < 1.29 is 0 Å². The average molecular weight is 345 g/mol. The van der Waals surface area contributed by atoms with Gasteiger partial charge in [-0.25, -0.2) is 9.97 Å². The van der Waals surface area contributed by atoms with Crippen molar-refractivity contribution in [3.8, 4) is 0 Å². The van der Waals surface area contributed by atoms with Crippen LogP contribution in [0.4, 0.5) is 5.82 Å². The van der Waals surface area contributed by atoms with Gasteiger partial charge in [-0.3, -0.25) is 0 Å². The molecule has 0 amide bonds. The van der Waals surface area contributed by atoms with Crippen molar-refractivity contribution in [2.45, 2.75) is 59.9 Å². The van der Waals surface area contributed by atoms with Gasteiger partial charge in [-0.05, 0) is 30.4 Å². The predicted molar refractivity (Wildman–Crippen MR) is 105 cm³/mol. The topological polar surface area (TPSA) is 53.6 Å². The van der Waals surface area contributed by atoms with Crippen molar-refractivity contribution in [1.29, 1.82) is 0 Å². The average Bonchev–Trinajstić information content (AvgIpc) is 3.29. The molecule has 0 aliphatic rings. The van der Waals surface area contributed by atoms with Gasteiger partial charge in [0.2, 0.25) is 0 Å². The predicted octanol–water partition coefficient (Wildman–Crippen LogP) is 5.73. The Hall–Kier alpha value is -1.88. The fraction of sp³-hybridized carbons (Fsp3) is 0.474. The molecule has 2 N–H and O–H groups in total. The van der Waals surface area contributed by atoms with Gasteiger partial charge in [-0.15, -0.1) is 11.3 Å². The van der Waals surface area contributed by atoms with Gasteiger partial charge in [-0.1, -0.05) is 40.7 Å². The third kappa shape index (κ3) is 4.15. The molecule has 0 aliphatic carbocycles. The molecule has 0 aliphatic heterocycles. The highest BCUT2D eigenvalue weighted by molar-refractivity contribution is 7.09. The lowest BCUT2D eigenvalue weighted by molar-refractivity contribution is 0.683. The van der Waals surface area contributed by atoms with E-state index in [4.69, 9.17) is 9.97 Å². The third-order valence-electron chi connectivity index (χ3n) is 4.00. The Balaban J connectivity index is 0.00000100. The van der Waals surface area contributed by atoms with Gasteiger partial charge < -0.3 is 10.3 Å². The fourth-order valence-electron chi connectivity index (χ4n) is 2.39. The molecule has 24 heavy (non-hydrogen) atoms. The van der Waals surface area contributed by atoms with Crippen LogP contribution in [-0.2, 0) is 13.0 Å². The summed E-state index contributed by atoms with van der Waals surface area (Å²) in [6, 6.07) is 6.38. The van der Waals surface area contributed by atoms with E-state index >= 15 is 0 Å². The second-order valence-electron chi connectivity index (χ2n) is 5.58. The largest absolute Gasteiger partial charge is 0.365 e. The van der Waals surface area contributed by atoms with Crippen molar-refractivity contribution in [3.63, 3.8) is 0 Å². The molecule has 1 unspecified atom stereocenters. The summed E-state index contributed by atoms with van der Waals surface area (Å²) in [5, 5.41) is 6.67. The fourth-order valence-corrected chi connectivity index (χ4v) is 3.04. The number of aromatic nitrogens is 3. The second kappa shape index (κ2) is 8.83. The summed E-state index contributed by atoms with van der Waals surface area (Å²) in [6.45, 7) is 11.3. The van der Waals surface area contributed by atoms with E-state index in [-0.39, 0.29) is 0 Å². The lowest BCUT2D eigenvalue weighted by Crippen LogP contribution is -2.06. The minimum absolute atomic E-state index is 0.361. The molecule has 0 spiro atoms. The number of fused-ring (bicyclic) bond motifs is 1. The Morgan fingerprint density at radius 3 is 2.67 bits per heavy atom. The number of thiophene rings is 1. The number of aromatic amines is 1. The number of nitrogens with zero attached hydrogens (tertiary/aromatic N) is 2. The van der Waals surface area contributed by atoms with Crippen LogP contribution < -0.4 is 5.32 Å². The van der Waals surface area contributed by atoms with E-state index in [1.54, 1.807) is 11.3 Å². The molecule has 4 nitrogen and oxygen atoms in total. The highest BCUT2D eigenvalue weighted by Gasteiger charge is 2.14. The highest BCUT2D eigenvalue weighted by atomic mass is 32.1. The lowest BCUT2D eigenvalue weighted by atomic mass is 10.1. The summed E-state index contributed by atoms with van der Waals surface area (Å²) < 4.78 is 0. The molecule has 130 valence electrons.